The molecule has 3 aromatic carbocycles. The molecule has 5 rings (SSSR count). The number of hydrogen-bond acceptors (Lipinski definition) is 3. The Hall–Kier alpha value is -4.64. The minimum atomic E-state index is -0.808. The summed E-state index contributed by atoms with van der Waals surface area (Å²) in [5, 5.41) is 12.8. The monoisotopic (exact) mass is 600 g/mol. The Morgan fingerprint density at radius 1 is 0.756 bits per heavy atom. The highest BCUT2D eigenvalue weighted by molar-refractivity contribution is 6.09. The summed E-state index contributed by atoms with van der Waals surface area (Å²) in [5.74, 6) is 0.336. The van der Waals surface area contributed by atoms with E-state index in [2.05, 4.69) is 81.5 Å². The van der Waals surface area contributed by atoms with Gasteiger partial charge in [-0.3, -0.25) is 9.59 Å². The number of carbonyl (C=O) groups excluding carboxylic acids is 1. The van der Waals surface area contributed by atoms with Crippen LogP contribution >= 0.6 is 0 Å². The molecule has 2 heterocycles. The van der Waals surface area contributed by atoms with Crippen molar-refractivity contribution >= 4 is 23.0 Å². The lowest BCUT2D eigenvalue weighted by molar-refractivity contribution is -0.137. The summed E-state index contributed by atoms with van der Waals surface area (Å²) in [5.41, 5.74) is 9.10. The van der Waals surface area contributed by atoms with Crippen LogP contribution in [0.2, 0.25) is 0 Å². The minimum absolute atomic E-state index is 0.0457. The summed E-state index contributed by atoms with van der Waals surface area (Å²) < 4.78 is 1.91. The molecule has 0 aliphatic rings. The Kier molecular flexibility index (Phi) is 10.2. The first kappa shape index (κ1) is 31.8. The maximum atomic E-state index is 13.7. The predicted molar refractivity (Wildman–Crippen MR) is 183 cm³/mol. The fourth-order valence-electron chi connectivity index (χ4n) is 6.06. The zero-order valence-electron chi connectivity index (χ0n) is 26.8. The molecule has 0 spiro atoms. The van der Waals surface area contributed by atoms with Gasteiger partial charge in [-0.05, 0) is 108 Å². The summed E-state index contributed by atoms with van der Waals surface area (Å²) in [7, 11) is 0. The number of anilines is 1. The predicted octanol–water partition coefficient (Wildman–Crippen LogP) is 9.18. The summed E-state index contributed by atoms with van der Waals surface area (Å²) in [6.45, 7) is 8.97. The summed E-state index contributed by atoms with van der Waals surface area (Å²) in [4.78, 5) is 24.8. The maximum absolute atomic E-state index is 13.7. The molecule has 0 saturated carbocycles. The van der Waals surface area contributed by atoms with Gasteiger partial charge in [-0.1, -0.05) is 82.3 Å². The Bertz CT molecular complexity index is 1680. The largest absolute Gasteiger partial charge is 0.481 e. The molecular formula is C40H44N2O3. The van der Waals surface area contributed by atoms with Crippen LogP contribution in [-0.2, 0) is 24.1 Å². The molecule has 5 heteroatoms. The first-order valence-electron chi connectivity index (χ1n) is 16.1. The van der Waals surface area contributed by atoms with Gasteiger partial charge in [0.25, 0.3) is 0 Å². The normalized spacial score (nSPS) is 11.5. The third kappa shape index (κ3) is 8.10. The number of carboxylic acids is 1. The molecule has 45 heavy (non-hydrogen) atoms. The smallest absolute Gasteiger partial charge is 0.303 e. The van der Waals surface area contributed by atoms with Gasteiger partial charge in [-0.15, -0.1) is 0 Å². The number of aliphatic carboxylic acids is 1. The third-order valence-corrected chi connectivity index (χ3v) is 8.20. The molecule has 2 N–H and O–H groups in total. The Labute approximate surface area is 266 Å². The van der Waals surface area contributed by atoms with Gasteiger partial charge < -0.3 is 14.8 Å². The lowest BCUT2D eigenvalue weighted by atomic mass is 9.93. The highest BCUT2D eigenvalue weighted by atomic mass is 16.4. The van der Waals surface area contributed by atoms with E-state index < -0.39 is 5.97 Å². The van der Waals surface area contributed by atoms with Gasteiger partial charge in [-0.25, -0.2) is 0 Å². The molecule has 2 aromatic heterocycles. The summed E-state index contributed by atoms with van der Waals surface area (Å²) in [6, 6.07) is 33.2. The molecule has 0 aliphatic carbocycles. The topological polar surface area (TPSA) is 70.8 Å². The molecule has 0 amide bonds. The highest BCUT2D eigenvalue weighted by Gasteiger charge is 2.19. The molecule has 0 aliphatic heterocycles. The van der Waals surface area contributed by atoms with E-state index >= 15 is 0 Å². The standard InChI is InChI=1S/C40H44N2O3/c1-27(2)24-29-11-15-31(16-12-29)39(32-17-13-30(14-18-32)25-28(3)4)41-35-21-19-33(20-22-35)40(45)37-26-34(8-7-10-38(43)44)36-9-5-6-23-42(36)37/h5-6,9,11-23,26-28,39,41H,7-8,10,24-25H2,1-4H3,(H,43,44). The van der Waals surface area contributed by atoms with Crippen LogP contribution in [0.25, 0.3) is 5.52 Å². The molecule has 0 bridgehead atoms. The summed E-state index contributed by atoms with van der Waals surface area (Å²) >= 11 is 0. The van der Waals surface area contributed by atoms with Gasteiger partial charge in [-0.2, -0.15) is 0 Å². The number of nitrogens with one attached hydrogen (secondary N) is 1. The van der Waals surface area contributed by atoms with Crippen molar-refractivity contribution in [3.05, 3.63) is 142 Å². The van der Waals surface area contributed by atoms with Crippen LogP contribution in [0, 0.1) is 11.8 Å². The van der Waals surface area contributed by atoms with Gasteiger partial charge in [0.1, 0.15) is 0 Å². The van der Waals surface area contributed by atoms with Crippen molar-refractivity contribution in [1.29, 1.82) is 0 Å². The lowest BCUT2D eigenvalue weighted by Crippen LogP contribution is -2.13. The van der Waals surface area contributed by atoms with E-state index in [9.17, 15) is 9.59 Å². The number of carboxylic acid groups (broad SMARTS) is 1. The van der Waals surface area contributed by atoms with Crippen molar-refractivity contribution in [2.45, 2.75) is 65.8 Å². The van der Waals surface area contributed by atoms with Crippen molar-refractivity contribution in [3.63, 3.8) is 0 Å². The van der Waals surface area contributed by atoms with E-state index in [1.807, 2.05) is 59.1 Å². The van der Waals surface area contributed by atoms with Crippen molar-refractivity contribution in [1.82, 2.24) is 4.40 Å². The second-order valence-electron chi connectivity index (χ2n) is 12.9. The zero-order chi connectivity index (χ0) is 31.9. The number of pyridine rings is 1. The Morgan fingerprint density at radius 3 is 1.87 bits per heavy atom. The first-order chi connectivity index (χ1) is 21.7. The number of benzene rings is 3. The first-order valence-corrected chi connectivity index (χ1v) is 16.1. The quantitative estimate of drug-likeness (QED) is 0.125. The number of fused-ring (bicyclic) bond motifs is 1. The third-order valence-electron chi connectivity index (χ3n) is 8.20. The molecule has 5 nitrogen and oxygen atoms in total. The minimum Gasteiger partial charge on any atom is -0.481 e. The van der Waals surface area contributed by atoms with Gasteiger partial charge in [0, 0.05) is 29.4 Å². The molecule has 0 atom stereocenters. The Balaban J connectivity index is 1.39. The van der Waals surface area contributed by atoms with Crippen LogP contribution in [0.15, 0.2) is 103 Å². The summed E-state index contributed by atoms with van der Waals surface area (Å²) in [6.07, 6.45) is 5.24. The van der Waals surface area contributed by atoms with Gasteiger partial charge in [0.2, 0.25) is 5.78 Å². The molecule has 0 fully saturated rings. The fraction of sp³-hybridized carbons (Fsp3) is 0.300. The molecule has 0 radical (unpaired) electrons. The fourth-order valence-corrected chi connectivity index (χ4v) is 6.06. The molecule has 0 unspecified atom stereocenters. The number of rotatable bonds is 14. The van der Waals surface area contributed by atoms with Gasteiger partial charge in [0.15, 0.2) is 0 Å². The second-order valence-corrected chi connectivity index (χ2v) is 12.9. The van der Waals surface area contributed by atoms with Crippen molar-refractivity contribution in [2.75, 3.05) is 5.32 Å². The highest BCUT2D eigenvalue weighted by Crippen LogP contribution is 2.29. The number of nitrogens with zero attached hydrogens (tertiary/aromatic N) is 1. The van der Waals surface area contributed by atoms with E-state index in [0.29, 0.717) is 35.9 Å². The van der Waals surface area contributed by atoms with E-state index in [1.165, 1.54) is 22.3 Å². The van der Waals surface area contributed by atoms with Crippen LogP contribution < -0.4 is 5.32 Å². The van der Waals surface area contributed by atoms with Crippen molar-refractivity contribution < 1.29 is 14.7 Å². The Morgan fingerprint density at radius 2 is 1.33 bits per heavy atom. The lowest BCUT2D eigenvalue weighted by Gasteiger charge is -2.22. The van der Waals surface area contributed by atoms with Crippen LogP contribution in [-0.4, -0.2) is 21.3 Å². The zero-order valence-corrected chi connectivity index (χ0v) is 26.8. The number of hydrogen-bond donors (Lipinski definition) is 2. The average Bonchev–Trinajstić information content (AvgIpc) is 3.38. The van der Waals surface area contributed by atoms with E-state index in [1.54, 1.807) is 0 Å². The van der Waals surface area contributed by atoms with Crippen molar-refractivity contribution in [3.8, 4) is 0 Å². The molecule has 5 aromatic rings. The second kappa shape index (κ2) is 14.4. The number of ketones is 1. The van der Waals surface area contributed by atoms with E-state index in [0.717, 1.165) is 29.6 Å². The van der Waals surface area contributed by atoms with Crippen LogP contribution in [0.3, 0.4) is 0 Å². The maximum Gasteiger partial charge on any atom is 0.303 e. The van der Waals surface area contributed by atoms with Crippen molar-refractivity contribution in [2.24, 2.45) is 11.8 Å². The molecule has 0 saturated heterocycles. The van der Waals surface area contributed by atoms with Crippen LogP contribution in [0.5, 0.6) is 0 Å². The van der Waals surface area contributed by atoms with Gasteiger partial charge in [0.05, 0.1) is 11.7 Å². The van der Waals surface area contributed by atoms with Crippen LogP contribution in [0.4, 0.5) is 5.69 Å². The number of carbonyl (C=O) groups is 2. The number of aromatic nitrogens is 1. The van der Waals surface area contributed by atoms with E-state index in [4.69, 9.17) is 5.11 Å². The average molecular weight is 601 g/mol. The SMILES string of the molecule is CC(C)Cc1ccc(C(Nc2ccc(C(=O)c3cc(CCCC(=O)O)c4ccccn34)cc2)c2ccc(CC(C)C)cc2)cc1. The molecular weight excluding hydrogens is 556 g/mol. The van der Waals surface area contributed by atoms with Crippen LogP contribution in [0.1, 0.15) is 90.4 Å². The number of aryl methyl sites for hydroxylation is 1. The van der Waals surface area contributed by atoms with E-state index in [-0.39, 0.29) is 18.2 Å². The molecule has 232 valence electrons. The van der Waals surface area contributed by atoms with Gasteiger partial charge >= 0.3 is 5.97 Å².